The van der Waals surface area contributed by atoms with Crippen molar-refractivity contribution < 1.29 is 23.8 Å². The molecule has 4 N–H and O–H groups in total. The summed E-state index contributed by atoms with van der Waals surface area (Å²) in [5.41, 5.74) is 11.0. The number of aliphatic imine (C=N–C) groups is 1. The zero-order valence-electron chi connectivity index (χ0n) is 13.7. The van der Waals surface area contributed by atoms with Gasteiger partial charge in [-0.1, -0.05) is 4.99 Å². The molecule has 0 radical (unpaired) electrons. The molecule has 132 valence electrons. The number of guanidine groups is 1. The van der Waals surface area contributed by atoms with Crippen molar-refractivity contribution >= 4 is 41.3 Å². The van der Waals surface area contributed by atoms with E-state index in [4.69, 9.17) is 11.5 Å². The van der Waals surface area contributed by atoms with Crippen molar-refractivity contribution in [3.05, 3.63) is 0 Å². The Labute approximate surface area is 142 Å². The van der Waals surface area contributed by atoms with Crippen molar-refractivity contribution in [3.63, 3.8) is 0 Å². The first kappa shape index (κ1) is 16.5. The molecule has 0 spiro atoms. The predicted octanol–water partition coefficient (Wildman–Crippen LogP) is -3.31. The minimum Gasteiger partial charge on any atom is -0.368 e. The molecule has 0 aliphatic carbocycles. The molecule has 3 aliphatic heterocycles. The first-order valence-corrected chi connectivity index (χ1v) is 7.40. The summed E-state index contributed by atoms with van der Waals surface area (Å²) in [7, 11) is 1.44. The van der Waals surface area contributed by atoms with Crippen LogP contribution < -0.4 is 11.5 Å². The number of imide groups is 1. The van der Waals surface area contributed by atoms with Crippen molar-refractivity contribution in [2.45, 2.75) is 13.0 Å². The molecule has 12 heteroatoms. The lowest BCUT2D eigenvalue weighted by Gasteiger charge is -2.33. The molecule has 3 heterocycles. The topological polar surface area (TPSA) is 158 Å². The van der Waals surface area contributed by atoms with Crippen LogP contribution in [0.4, 0.5) is 4.79 Å². The molecule has 5 amide bonds. The molecule has 1 saturated heterocycles. The third-order valence-electron chi connectivity index (χ3n) is 3.93. The highest BCUT2D eigenvalue weighted by molar-refractivity contribution is 6.23. The van der Waals surface area contributed by atoms with Gasteiger partial charge in [-0.25, -0.2) is 9.37 Å². The van der Waals surface area contributed by atoms with E-state index >= 15 is 0 Å². The van der Waals surface area contributed by atoms with E-state index in [9.17, 15) is 19.2 Å². The largest absolute Gasteiger partial charge is 0.417 e. The average Bonchev–Trinajstić information content (AvgIpc) is 2.88. The summed E-state index contributed by atoms with van der Waals surface area (Å²) in [6, 6.07) is -1.60. The second kappa shape index (κ2) is 5.65. The van der Waals surface area contributed by atoms with Crippen molar-refractivity contribution in [3.8, 4) is 0 Å². The van der Waals surface area contributed by atoms with Crippen LogP contribution in [0.1, 0.15) is 6.92 Å². The average molecular weight is 349 g/mol. The monoisotopic (exact) mass is 349 g/mol. The second-order valence-electron chi connectivity index (χ2n) is 5.89. The summed E-state index contributed by atoms with van der Waals surface area (Å²) in [5, 5.41) is 5.51. The SMILES string of the molecule is CC1=NN(CC(N)=O)C2=[N+](C1)C1C(=O)N(CC(N)=O)C(=O)N(C)C1=N2. The molecule has 1 unspecified atom stereocenters. The number of amidine groups is 1. The number of nitrogens with zero attached hydrogens (tertiary/aromatic N) is 6. The van der Waals surface area contributed by atoms with Crippen molar-refractivity contribution in [2.24, 2.45) is 21.6 Å². The summed E-state index contributed by atoms with van der Waals surface area (Å²) in [6.45, 7) is 1.27. The Morgan fingerprint density at radius 2 is 1.88 bits per heavy atom. The van der Waals surface area contributed by atoms with Gasteiger partial charge in [0.15, 0.2) is 6.54 Å². The highest BCUT2D eigenvalue weighted by Crippen LogP contribution is 2.22. The number of primary amides is 2. The maximum Gasteiger partial charge on any atom is 0.417 e. The number of rotatable bonds is 4. The fraction of sp³-hybridized carbons (Fsp3) is 0.462. The number of nitrogens with two attached hydrogens (primary N) is 2. The number of amides is 5. The van der Waals surface area contributed by atoms with Crippen LogP contribution in [0.5, 0.6) is 0 Å². The van der Waals surface area contributed by atoms with E-state index < -0.39 is 36.3 Å². The molecular formula is C13H17N8O4+. The minimum absolute atomic E-state index is 0.199. The van der Waals surface area contributed by atoms with Gasteiger partial charge in [0.25, 0.3) is 11.8 Å². The molecule has 3 rings (SSSR count). The Bertz CT molecular complexity index is 798. The molecule has 3 aliphatic rings. The van der Waals surface area contributed by atoms with Crippen molar-refractivity contribution in [1.82, 2.24) is 14.8 Å². The molecule has 0 aromatic carbocycles. The summed E-state index contributed by atoms with van der Waals surface area (Å²) >= 11 is 0. The van der Waals surface area contributed by atoms with Gasteiger partial charge < -0.3 is 11.5 Å². The van der Waals surface area contributed by atoms with E-state index in [1.165, 1.54) is 17.0 Å². The number of hydrogen-bond acceptors (Lipinski definition) is 7. The van der Waals surface area contributed by atoms with Crippen LogP contribution in [-0.2, 0) is 14.4 Å². The molecule has 25 heavy (non-hydrogen) atoms. The number of carbonyl (C=O) groups excluding carboxylic acids is 4. The first-order valence-electron chi connectivity index (χ1n) is 7.40. The molecule has 1 fully saturated rings. The predicted molar refractivity (Wildman–Crippen MR) is 84.4 cm³/mol. The fourth-order valence-electron chi connectivity index (χ4n) is 2.96. The van der Waals surface area contributed by atoms with Gasteiger partial charge in [0.05, 0.1) is 5.71 Å². The Hall–Kier alpha value is -3.31. The first-order chi connectivity index (χ1) is 11.7. The maximum absolute atomic E-state index is 12.8. The van der Waals surface area contributed by atoms with Crippen LogP contribution in [0, 0.1) is 0 Å². The summed E-state index contributed by atoms with van der Waals surface area (Å²) in [4.78, 5) is 53.9. The zero-order chi connectivity index (χ0) is 18.5. The lowest BCUT2D eigenvalue weighted by molar-refractivity contribution is -0.527. The number of likely N-dealkylation sites (N-methyl/N-ethyl adjacent to an activating group) is 1. The molecule has 12 nitrogen and oxygen atoms in total. The summed E-state index contributed by atoms with van der Waals surface area (Å²) < 4.78 is 1.61. The van der Waals surface area contributed by atoms with E-state index in [0.717, 1.165) is 4.90 Å². The number of hydrazone groups is 1. The quantitative estimate of drug-likeness (QED) is 0.508. The molecule has 0 bridgehead atoms. The van der Waals surface area contributed by atoms with E-state index in [2.05, 4.69) is 10.1 Å². The lowest BCUT2D eigenvalue weighted by Crippen LogP contribution is -2.64. The fourth-order valence-corrected chi connectivity index (χ4v) is 2.96. The molecular weight excluding hydrogens is 332 g/mol. The van der Waals surface area contributed by atoms with Gasteiger partial charge in [0.1, 0.15) is 13.1 Å². The van der Waals surface area contributed by atoms with E-state index in [-0.39, 0.29) is 24.9 Å². The van der Waals surface area contributed by atoms with Crippen LogP contribution in [-0.4, -0.2) is 93.4 Å². The van der Waals surface area contributed by atoms with Crippen molar-refractivity contribution in [1.29, 1.82) is 0 Å². The van der Waals surface area contributed by atoms with Crippen LogP contribution in [0.15, 0.2) is 10.1 Å². The highest BCUT2D eigenvalue weighted by Gasteiger charge is 2.54. The maximum atomic E-state index is 12.8. The van der Waals surface area contributed by atoms with Gasteiger partial charge >= 0.3 is 12.0 Å². The van der Waals surface area contributed by atoms with Gasteiger partial charge in [-0.3, -0.25) is 24.2 Å². The van der Waals surface area contributed by atoms with Crippen LogP contribution >= 0.6 is 0 Å². The van der Waals surface area contributed by atoms with Crippen LogP contribution in [0.3, 0.4) is 0 Å². The standard InChI is InChI=1S/C13H16N8O4/c1-6-3-19-9-10(16-12(19)21(17-6)5-8(15)23)18(2)13(25)20(11(9)24)4-7(14)22/h9H,3-5H2,1-2H3,(H3-,14,15,22,23)/p+1. The third kappa shape index (κ3) is 2.60. The minimum atomic E-state index is -0.905. The Balaban J connectivity index is 2.02. The Kier molecular flexibility index (Phi) is 3.74. The van der Waals surface area contributed by atoms with Gasteiger partial charge in [0, 0.05) is 7.05 Å². The summed E-state index contributed by atoms with van der Waals surface area (Å²) in [6.07, 6.45) is 0. The van der Waals surface area contributed by atoms with E-state index in [0.29, 0.717) is 5.71 Å². The summed E-state index contributed by atoms with van der Waals surface area (Å²) in [5.74, 6) is -1.58. The van der Waals surface area contributed by atoms with Crippen LogP contribution in [0.25, 0.3) is 0 Å². The Morgan fingerprint density at radius 3 is 2.48 bits per heavy atom. The van der Waals surface area contributed by atoms with E-state index in [1.54, 1.807) is 11.5 Å². The number of fused-ring (bicyclic) bond motifs is 2. The molecule has 1 atom stereocenters. The highest BCUT2D eigenvalue weighted by atomic mass is 16.2. The number of carbonyl (C=O) groups is 4. The molecule has 0 saturated carbocycles. The number of urea groups is 1. The van der Waals surface area contributed by atoms with Gasteiger partial charge in [-0.05, 0) is 6.92 Å². The van der Waals surface area contributed by atoms with Gasteiger partial charge in [-0.15, -0.1) is 10.1 Å². The lowest BCUT2D eigenvalue weighted by atomic mass is 10.1. The van der Waals surface area contributed by atoms with Gasteiger partial charge in [-0.2, -0.15) is 0 Å². The normalized spacial score (nSPS) is 22.6. The molecule has 0 aromatic rings. The van der Waals surface area contributed by atoms with E-state index in [1.807, 2.05) is 0 Å². The zero-order valence-corrected chi connectivity index (χ0v) is 13.7. The van der Waals surface area contributed by atoms with Crippen LogP contribution in [0.2, 0.25) is 0 Å². The second-order valence-corrected chi connectivity index (χ2v) is 5.89. The third-order valence-corrected chi connectivity index (χ3v) is 3.93. The van der Waals surface area contributed by atoms with Gasteiger partial charge in [0.2, 0.25) is 17.8 Å². The number of hydrogen-bond donors (Lipinski definition) is 2. The smallest absolute Gasteiger partial charge is 0.368 e. The van der Waals surface area contributed by atoms with Crippen molar-refractivity contribution in [2.75, 3.05) is 26.7 Å². The molecule has 0 aromatic heterocycles. The Morgan fingerprint density at radius 1 is 1.24 bits per heavy atom.